The number of hydrogen-bond acceptors (Lipinski definition) is 8. The highest BCUT2D eigenvalue weighted by Gasteiger charge is 2.57. The molecule has 0 bridgehead atoms. The molecule has 156 valence electrons. The number of carbonyl (C=O) groups excluding carboxylic acids is 1. The van der Waals surface area contributed by atoms with E-state index in [-0.39, 0.29) is 18.2 Å². The van der Waals surface area contributed by atoms with Crippen LogP contribution in [0, 0.1) is 0 Å². The molecule has 4 aliphatic rings. The first-order chi connectivity index (χ1) is 14.7. The van der Waals surface area contributed by atoms with Crippen LogP contribution in [0.2, 0.25) is 0 Å². The van der Waals surface area contributed by atoms with Crippen LogP contribution in [-0.4, -0.2) is 86.4 Å². The summed E-state index contributed by atoms with van der Waals surface area (Å²) < 4.78 is 5.36. The van der Waals surface area contributed by atoms with Gasteiger partial charge in [-0.25, -0.2) is 9.97 Å². The summed E-state index contributed by atoms with van der Waals surface area (Å²) in [5.74, 6) is 0.403. The summed E-state index contributed by atoms with van der Waals surface area (Å²) >= 11 is 0. The van der Waals surface area contributed by atoms with Gasteiger partial charge in [-0.05, 0) is 17.5 Å². The molecule has 0 aliphatic carbocycles. The molecule has 1 aromatic heterocycles. The van der Waals surface area contributed by atoms with Crippen molar-refractivity contribution in [2.24, 2.45) is 0 Å². The maximum Gasteiger partial charge on any atom is 0.272 e. The molecule has 9 nitrogen and oxygen atoms in total. The van der Waals surface area contributed by atoms with Crippen LogP contribution in [-0.2, 0) is 17.7 Å². The van der Waals surface area contributed by atoms with Gasteiger partial charge in [-0.2, -0.15) is 5.01 Å². The van der Waals surface area contributed by atoms with Gasteiger partial charge in [-0.15, -0.1) is 0 Å². The Bertz CT molecular complexity index is 977. The molecule has 30 heavy (non-hydrogen) atoms. The van der Waals surface area contributed by atoms with Crippen molar-refractivity contribution in [2.75, 3.05) is 31.7 Å². The van der Waals surface area contributed by atoms with E-state index in [2.05, 4.69) is 44.6 Å². The summed E-state index contributed by atoms with van der Waals surface area (Å²) in [5, 5.41) is 12.7. The molecule has 1 amide bonds. The van der Waals surface area contributed by atoms with Crippen LogP contribution >= 0.6 is 0 Å². The molecule has 0 saturated carbocycles. The van der Waals surface area contributed by atoms with E-state index >= 15 is 0 Å². The van der Waals surface area contributed by atoms with Crippen LogP contribution in [0.1, 0.15) is 21.6 Å². The number of ether oxygens (including phenoxy) is 1. The Hall–Kier alpha value is -2.59. The maximum absolute atomic E-state index is 13.1. The Kier molecular flexibility index (Phi) is 4.24. The lowest BCUT2D eigenvalue weighted by molar-refractivity contribution is 0.0426. The zero-order chi connectivity index (χ0) is 20.2. The van der Waals surface area contributed by atoms with Crippen LogP contribution in [0.4, 0.5) is 5.82 Å². The van der Waals surface area contributed by atoms with Crippen molar-refractivity contribution in [1.82, 2.24) is 24.8 Å². The summed E-state index contributed by atoms with van der Waals surface area (Å²) in [5.41, 5.74) is 6.19. The molecular formula is C21H24N6O3. The lowest BCUT2D eigenvalue weighted by atomic mass is 9.98. The van der Waals surface area contributed by atoms with Crippen molar-refractivity contribution in [2.45, 2.75) is 37.4 Å². The van der Waals surface area contributed by atoms with E-state index in [0.717, 1.165) is 26.1 Å². The number of likely N-dealkylation sites (tertiary alicyclic amines) is 1. The number of anilines is 1. The number of aliphatic hydroxyl groups excluding tert-OH is 1. The van der Waals surface area contributed by atoms with Crippen LogP contribution in [0.3, 0.4) is 0 Å². The van der Waals surface area contributed by atoms with Crippen molar-refractivity contribution in [1.29, 1.82) is 0 Å². The number of aromatic nitrogens is 2. The smallest absolute Gasteiger partial charge is 0.272 e. The number of amides is 1. The standard InChI is InChI=1S/C21H24N6O3/c28-18-10-26(9-16(18)25-6-5-13-3-1-2-4-14(13)8-25)20(29)15-7-19(23-12-22-15)24-27-17-11-30-21(17)27/h1-4,7,12,16-18,21,28H,5-6,8-11H2,(H,22,23,24). The number of hydrazine groups is 1. The van der Waals surface area contributed by atoms with E-state index in [1.165, 1.54) is 17.5 Å². The Labute approximate surface area is 174 Å². The molecule has 6 rings (SSSR count). The molecule has 5 heterocycles. The zero-order valence-corrected chi connectivity index (χ0v) is 16.5. The summed E-state index contributed by atoms with van der Waals surface area (Å²) in [6, 6.07) is 10.5. The number of nitrogens with zero attached hydrogens (tertiary/aromatic N) is 5. The third-order valence-corrected chi connectivity index (χ3v) is 6.61. The minimum Gasteiger partial charge on any atom is -0.390 e. The number of rotatable bonds is 4. The van der Waals surface area contributed by atoms with Crippen molar-refractivity contribution in [3.8, 4) is 0 Å². The van der Waals surface area contributed by atoms with Gasteiger partial charge in [-0.3, -0.25) is 9.69 Å². The van der Waals surface area contributed by atoms with Gasteiger partial charge in [0, 0.05) is 32.2 Å². The van der Waals surface area contributed by atoms with E-state index < -0.39 is 6.10 Å². The van der Waals surface area contributed by atoms with Crippen molar-refractivity contribution in [3.05, 3.63) is 53.5 Å². The van der Waals surface area contributed by atoms with Gasteiger partial charge in [-0.1, -0.05) is 24.3 Å². The van der Waals surface area contributed by atoms with Crippen LogP contribution in [0.25, 0.3) is 0 Å². The van der Waals surface area contributed by atoms with Gasteiger partial charge < -0.3 is 20.2 Å². The predicted molar refractivity (Wildman–Crippen MR) is 107 cm³/mol. The van der Waals surface area contributed by atoms with Crippen LogP contribution in [0.5, 0.6) is 0 Å². The molecule has 5 atom stereocenters. The number of benzene rings is 1. The van der Waals surface area contributed by atoms with E-state index in [4.69, 9.17) is 4.74 Å². The SMILES string of the molecule is O=C(c1cc(NN2C3COC32)ncn1)N1CC(O)C(N2CCc3ccccc3C2)C1. The minimum atomic E-state index is -0.566. The second-order valence-electron chi connectivity index (χ2n) is 8.43. The Morgan fingerprint density at radius 3 is 2.80 bits per heavy atom. The van der Waals surface area contributed by atoms with E-state index in [1.54, 1.807) is 11.0 Å². The highest BCUT2D eigenvalue weighted by Crippen LogP contribution is 2.37. The minimum absolute atomic E-state index is 0.0629. The fourth-order valence-electron chi connectivity index (χ4n) is 4.76. The highest BCUT2D eigenvalue weighted by atomic mass is 16.6. The monoisotopic (exact) mass is 408 g/mol. The Balaban J connectivity index is 1.13. The number of hydrogen-bond donors (Lipinski definition) is 2. The zero-order valence-electron chi connectivity index (χ0n) is 16.5. The molecular weight excluding hydrogens is 384 g/mol. The second kappa shape index (κ2) is 6.98. The lowest BCUT2D eigenvalue weighted by Crippen LogP contribution is -2.45. The fraction of sp³-hybridized carbons (Fsp3) is 0.476. The van der Waals surface area contributed by atoms with Crippen molar-refractivity contribution in [3.63, 3.8) is 0 Å². The summed E-state index contributed by atoms with van der Waals surface area (Å²) in [6.45, 7) is 3.24. The number of fused-ring (bicyclic) bond motifs is 2. The maximum atomic E-state index is 13.1. The third kappa shape index (κ3) is 3.05. The van der Waals surface area contributed by atoms with Gasteiger partial charge in [0.25, 0.3) is 5.91 Å². The Morgan fingerprint density at radius 1 is 1.17 bits per heavy atom. The highest BCUT2D eigenvalue weighted by molar-refractivity contribution is 5.93. The largest absolute Gasteiger partial charge is 0.390 e. The van der Waals surface area contributed by atoms with Crippen LogP contribution in [0.15, 0.2) is 36.7 Å². The summed E-state index contributed by atoms with van der Waals surface area (Å²) in [4.78, 5) is 25.4. The van der Waals surface area contributed by atoms with E-state index in [9.17, 15) is 9.90 Å². The third-order valence-electron chi connectivity index (χ3n) is 6.61. The first-order valence-corrected chi connectivity index (χ1v) is 10.4. The van der Waals surface area contributed by atoms with Gasteiger partial charge >= 0.3 is 0 Å². The summed E-state index contributed by atoms with van der Waals surface area (Å²) in [7, 11) is 0. The number of carbonyl (C=O) groups is 1. The molecule has 9 heteroatoms. The molecule has 2 aromatic rings. The second-order valence-corrected chi connectivity index (χ2v) is 8.43. The average molecular weight is 408 g/mol. The number of β-amino-alcohol motifs (C(OH)–C–C–N with tert-alkyl or cyclic N) is 1. The van der Waals surface area contributed by atoms with Gasteiger partial charge in [0.15, 0.2) is 0 Å². The lowest BCUT2D eigenvalue weighted by Gasteiger charge is -2.34. The van der Waals surface area contributed by atoms with Gasteiger partial charge in [0.05, 0.1) is 24.8 Å². The number of aliphatic hydroxyl groups is 1. The molecule has 3 saturated heterocycles. The number of nitrogens with one attached hydrogen (secondary N) is 1. The molecule has 0 radical (unpaired) electrons. The van der Waals surface area contributed by atoms with Crippen molar-refractivity contribution >= 4 is 11.7 Å². The topological polar surface area (TPSA) is 93.8 Å². The predicted octanol–water partition coefficient (Wildman–Crippen LogP) is 0.0876. The molecule has 4 aliphatic heterocycles. The normalized spacial score (nSPS) is 32.2. The van der Waals surface area contributed by atoms with E-state index in [0.29, 0.717) is 30.6 Å². The molecule has 1 aromatic carbocycles. The van der Waals surface area contributed by atoms with E-state index in [1.807, 2.05) is 5.01 Å². The first kappa shape index (κ1) is 18.2. The molecule has 2 N–H and O–H groups in total. The first-order valence-electron chi connectivity index (χ1n) is 10.4. The fourth-order valence-corrected chi connectivity index (χ4v) is 4.76. The quantitative estimate of drug-likeness (QED) is 0.688. The Morgan fingerprint density at radius 2 is 2.00 bits per heavy atom. The molecule has 5 unspecified atom stereocenters. The average Bonchev–Trinajstić information content (AvgIpc) is 3.05. The molecule has 3 fully saturated rings. The van der Waals surface area contributed by atoms with Gasteiger partial charge in [0.2, 0.25) is 0 Å². The van der Waals surface area contributed by atoms with Crippen LogP contribution < -0.4 is 5.43 Å². The molecule has 0 spiro atoms. The van der Waals surface area contributed by atoms with Crippen molar-refractivity contribution < 1.29 is 14.6 Å². The van der Waals surface area contributed by atoms with Gasteiger partial charge in [0.1, 0.15) is 24.1 Å². The summed E-state index contributed by atoms with van der Waals surface area (Å²) in [6.07, 6.45) is 1.93.